The van der Waals surface area contributed by atoms with E-state index in [-0.39, 0.29) is 12.2 Å². The topological polar surface area (TPSA) is 63.2 Å². The van der Waals surface area contributed by atoms with Crippen LogP contribution in [-0.4, -0.2) is 25.3 Å². The second kappa shape index (κ2) is 6.35. The molecule has 0 aromatic heterocycles. The summed E-state index contributed by atoms with van der Waals surface area (Å²) < 4.78 is 23.7. The van der Waals surface area contributed by atoms with E-state index in [1.807, 2.05) is 6.07 Å². The van der Waals surface area contributed by atoms with Crippen molar-refractivity contribution in [3.05, 3.63) is 43.0 Å². The Balaban J connectivity index is 2.84. The summed E-state index contributed by atoms with van der Waals surface area (Å²) in [5, 5.41) is 1.57. The van der Waals surface area contributed by atoms with Crippen LogP contribution in [0.2, 0.25) is 0 Å². The van der Waals surface area contributed by atoms with Gasteiger partial charge in [-0.2, -0.15) is 0 Å². The second-order valence-corrected chi connectivity index (χ2v) is 6.10. The van der Waals surface area contributed by atoms with Gasteiger partial charge in [0.2, 0.25) is 5.91 Å². The number of hydrogen-bond donors (Lipinski definition) is 1. The van der Waals surface area contributed by atoms with Crippen LogP contribution < -0.4 is 5.32 Å². The van der Waals surface area contributed by atoms with Crippen molar-refractivity contribution in [3.63, 3.8) is 0 Å². The summed E-state index contributed by atoms with van der Waals surface area (Å²) in [4.78, 5) is 11.9. The Morgan fingerprint density at radius 2 is 2.00 bits per heavy atom. The van der Waals surface area contributed by atoms with Crippen LogP contribution in [-0.2, 0) is 14.6 Å². The molecule has 1 amide bonds. The van der Waals surface area contributed by atoms with Gasteiger partial charge >= 0.3 is 0 Å². The van der Waals surface area contributed by atoms with E-state index in [1.54, 1.807) is 31.2 Å². The van der Waals surface area contributed by atoms with Gasteiger partial charge in [0.25, 0.3) is 0 Å². The normalized spacial score (nSPS) is 12.7. The van der Waals surface area contributed by atoms with Crippen LogP contribution in [0.4, 0.5) is 5.69 Å². The molecule has 0 fully saturated rings. The Labute approximate surface area is 108 Å². The number of hydrogen-bond acceptors (Lipinski definition) is 3. The Morgan fingerprint density at radius 3 is 2.50 bits per heavy atom. The molecule has 0 radical (unpaired) electrons. The monoisotopic (exact) mass is 267 g/mol. The number of para-hydroxylation sites is 1. The molecule has 1 aromatic rings. The highest BCUT2D eigenvalue weighted by Gasteiger charge is 2.29. The van der Waals surface area contributed by atoms with Gasteiger partial charge in [-0.05, 0) is 18.6 Å². The first-order chi connectivity index (χ1) is 8.51. The van der Waals surface area contributed by atoms with Crippen molar-refractivity contribution in [3.8, 4) is 0 Å². The van der Waals surface area contributed by atoms with E-state index in [1.165, 1.54) is 6.08 Å². The van der Waals surface area contributed by atoms with Gasteiger partial charge in [-0.1, -0.05) is 31.2 Å². The first-order valence-corrected chi connectivity index (χ1v) is 7.41. The maximum Gasteiger partial charge on any atom is 0.242 e. The molecule has 0 aliphatic heterocycles. The second-order valence-electron chi connectivity index (χ2n) is 3.87. The quantitative estimate of drug-likeness (QED) is 0.802. The van der Waals surface area contributed by atoms with Crippen molar-refractivity contribution < 1.29 is 13.2 Å². The number of amides is 1. The Hall–Kier alpha value is -1.62. The summed E-state index contributed by atoms with van der Waals surface area (Å²) in [5.41, 5.74) is 0.592. The lowest BCUT2D eigenvalue weighted by Gasteiger charge is -2.14. The summed E-state index contributed by atoms with van der Waals surface area (Å²) in [6.07, 6.45) is 1.54. The summed E-state index contributed by atoms with van der Waals surface area (Å²) in [6, 6.07) is 8.79. The molecule has 0 aliphatic rings. The van der Waals surface area contributed by atoms with Gasteiger partial charge in [-0.25, -0.2) is 8.42 Å². The number of rotatable bonds is 6. The zero-order valence-corrected chi connectivity index (χ0v) is 11.1. The van der Waals surface area contributed by atoms with Gasteiger partial charge < -0.3 is 5.32 Å². The third-order valence-electron chi connectivity index (χ3n) is 2.49. The minimum Gasteiger partial charge on any atom is -0.325 e. The fraction of sp³-hybridized carbons (Fsp3) is 0.308. The maximum absolute atomic E-state index is 11.9. The fourth-order valence-electron chi connectivity index (χ4n) is 1.63. The highest BCUT2D eigenvalue weighted by atomic mass is 32.2. The van der Waals surface area contributed by atoms with Gasteiger partial charge in [0, 0.05) is 5.69 Å². The third kappa shape index (κ3) is 3.70. The predicted octanol–water partition coefficient (Wildman–Crippen LogP) is 2.00. The Kier molecular flexibility index (Phi) is 5.09. The summed E-state index contributed by atoms with van der Waals surface area (Å²) in [5.74, 6) is -0.682. The average molecular weight is 267 g/mol. The molecule has 4 nitrogen and oxygen atoms in total. The molecular weight excluding hydrogens is 250 g/mol. The molecule has 5 heteroatoms. The van der Waals surface area contributed by atoms with E-state index in [0.29, 0.717) is 5.69 Å². The van der Waals surface area contributed by atoms with Crippen LogP contribution >= 0.6 is 0 Å². The van der Waals surface area contributed by atoms with Gasteiger partial charge in [0.05, 0.1) is 5.75 Å². The van der Waals surface area contributed by atoms with Crippen molar-refractivity contribution in [2.24, 2.45) is 0 Å². The van der Waals surface area contributed by atoms with E-state index in [9.17, 15) is 13.2 Å². The molecular formula is C13H17NO3S. The largest absolute Gasteiger partial charge is 0.325 e. The minimum atomic E-state index is -3.47. The van der Waals surface area contributed by atoms with Crippen molar-refractivity contribution in [2.75, 3.05) is 11.1 Å². The molecule has 0 spiro atoms. The zero-order chi connectivity index (χ0) is 13.6. The first-order valence-electron chi connectivity index (χ1n) is 5.69. The number of benzene rings is 1. The van der Waals surface area contributed by atoms with Crippen molar-refractivity contribution in [1.29, 1.82) is 0 Å². The molecule has 1 N–H and O–H groups in total. The average Bonchev–Trinajstić information content (AvgIpc) is 2.30. The fourth-order valence-corrected chi connectivity index (χ4v) is 3.08. The number of sulfone groups is 1. The van der Waals surface area contributed by atoms with Gasteiger partial charge in [0.1, 0.15) is 5.25 Å². The molecule has 1 unspecified atom stereocenters. The van der Waals surface area contributed by atoms with Crippen LogP contribution in [0.15, 0.2) is 43.0 Å². The number of anilines is 1. The number of carbonyl (C=O) groups is 1. The molecule has 0 heterocycles. The van der Waals surface area contributed by atoms with E-state index in [0.717, 1.165) is 0 Å². The SMILES string of the molecule is C=CCS(=O)(=O)C(CC)C(=O)Nc1ccccc1. The van der Waals surface area contributed by atoms with Crippen LogP contribution in [0, 0.1) is 0 Å². The van der Waals surface area contributed by atoms with Gasteiger partial charge in [0.15, 0.2) is 9.84 Å². The number of nitrogens with one attached hydrogen (secondary N) is 1. The molecule has 0 bridgehead atoms. The number of carbonyl (C=O) groups excluding carboxylic acids is 1. The highest BCUT2D eigenvalue weighted by Crippen LogP contribution is 2.12. The van der Waals surface area contributed by atoms with E-state index in [4.69, 9.17) is 0 Å². The third-order valence-corrected chi connectivity index (χ3v) is 4.60. The smallest absolute Gasteiger partial charge is 0.242 e. The zero-order valence-electron chi connectivity index (χ0n) is 10.3. The molecule has 1 rings (SSSR count). The summed E-state index contributed by atoms with van der Waals surface area (Å²) in [7, 11) is -3.47. The van der Waals surface area contributed by atoms with Crippen molar-refractivity contribution in [1.82, 2.24) is 0 Å². The lowest BCUT2D eigenvalue weighted by molar-refractivity contribution is -0.115. The van der Waals surface area contributed by atoms with E-state index >= 15 is 0 Å². The predicted molar refractivity (Wildman–Crippen MR) is 73.1 cm³/mol. The lowest BCUT2D eigenvalue weighted by atomic mass is 10.3. The first kappa shape index (κ1) is 14.4. The molecule has 18 heavy (non-hydrogen) atoms. The summed E-state index contributed by atoms with van der Waals surface area (Å²) >= 11 is 0. The van der Waals surface area contributed by atoms with Crippen LogP contribution in [0.25, 0.3) is 0 Å². The van der Waals surface area contributed by atoms with E-state index < -0.39 is 21.0 Å². The lowest BCUT2D eigenvalue weighted by Crippen LogP contribution is -2.35. The Bertz CT molecular complexity index is 508. The standard InChI is InChI=1S/C13H17NO3S/c1-3-10-18(16,17)12(4-2)13(15)14-11-8-6-5-7-9-11/h3,5-9,12H,1,4,10H2,2H3,(H,14,15). The molecule has 0 aliphatic carbocycles. The Morgan fingerprint density at radius 1 is 1.39 bits per heavy atom. The minimum absolute atomic E-state index is 0.187. The van der Waals surface area contributed by atoms with E-state index in [2.05, 4.69) is 11.9 Å². The maximum atomic E-state index is 11.9. The van der Waals surface area contributed by atoms with Crippen LogP contribution in [0.5, 0.6) is 0 Å². The molecule has 98 valence electrons. The van der Waals surface area contributed by atoms with Crippen LogP contribution in [0.3, 0.4) is 0 Å². The van der Waals surface area contributed by atoms with Gasteiger partial charge in [-0.15, -0.1) is 6.58 Å². The molecule has 0 saturated carbocycles. The highest BCUT2D eigenvalue weighted by molar-refractivity contribution is 7.92. The van der Waals surface area contributed by atoms with Crippen molar-refractivity contribution >= 4 is 21.4 Å². The van der Waals surface area contributed by atoms with Gasteiger partial charge in [-0.3, -0.25) is 4.79 Å². The molecule has 1 aromatic carbocycles. The van der Waals surface area contributed by atoms with Crippen molar-refractivity contribution in [2.45, 2.75) is 18.6 Å². The summed E-state index contributed by atoms with van der Waals surface area (Å²) in [6.45, 7) is 5.07. The van der Waals surface area contributed by atoms with Crippen LogP contribution in [0.1, 0.15) is 13.3 Å². The molecule has 1 atom stereocenters. The molecule has 0 saturated heterocycles.